The third-order valence-electron chi connectivity index (χ3n) is 5.81. The number of nitrogens with zero attached hydrogens (tertiary/aromatic N) is 2. The fourth-order valence-electron chi connectivity index (χ4n) is 4.39. The summed E-state index contributed by atoms with van der Waals surface area (Å²) in [6, 6.07) is 21.9. The van der Waals surface area contributed by atoms with Gasteiger partial charge >= 0.3 is 0 Å². The highest BCUT2D eigenvalue weighted by Gasteiger charge is 2.53. The number of para-hydroxylation sites is 1. The molecule has 0 bridgehead atoms. The fourth-order valence-corrected chi connectivity index (χ4v) is 4.39. The van der Waals surface area contributed by atoms with Crippen LogP contribution in [-0.2, 0) is 6.54 Å². The highest BCUT2D eigenvalue weighted by molar-refractivity contribution is 6.13. The van der Waals surface area contributed by atoms with Crippen LogP contribution in [0.5, 0.6) is 5.75 Å². The molecule has 2 aliphatic heterocycles. The molecule has 2 aliphatic rings. The van der Waals surface area contributed by atoms with Crippen molar-refractivity contribution >= 4 is 17.3 Å². The summed E-state index contributed by atoms with van der Waals surface area (Å²) >= 11 is 0. The molecule has 1 fully saturated rings. The molecule has 0 aromatic heterocycles. The number of likely N-dealkylation sites (tertiary alicyclic amines) is 1. The number of hydrogen-bond acceptors (Lipinski definition) is 4. The zero-order valence-corrected chi connectivity index (χ0v) is 16.6. The number of ether oxygens (including phenoxy) is 1. The Kier molecular flexibility index (Phi) is 4.44. The maximum Gasteiger partial charge on any atom is 0.262 e. The molecular weight excluding hydrogens is 381 g/mol. The Hall–Kier alpha value is -3.38. The van der Waals surface area contributed by atoms with Crippen molar-refractivity contribution in [1.82, 2.24) is 4.90 Å². The van der Waals surface area contributed by atoms with Gasteiger partial charge in [-0.25, -0.2) is 4.39 Å². The molecule has 0 aliphatic carbocycles. The van der Waals surface area contributed by atoms with Gasteiger partial charge in [-0.1, -0.05) is 30.3 Å². The topological polar surface area (TPSA) is 44.8 Å². The normalized spacial score (nSPS) is 17.3. The van der Waals surface area contributed by atoms with E-state index in [0.717, 1.165) is 17.1 Å². The summed E-state index contributed by atoms with van der Waals surface area (Å²) in [7, 11) is 1.62. The van der Waals surface area contributed by atoms with Crippen LogP contribution in [0.4, 0.5) is 15.8 Å². The molecule has 1 N–H and O–H groups in total. The van der Waals surface area contributed by atoms with Gasteiger partial charge in [-0.05, 0) is 42.5 Å². The number of amides is 1. The van der Waals surface area contributed by atoms with Crippen LogP contribution < -0.4 is 15.0 Å². The summed E-state index contributed by atoms with van der Waals surface area (Å²) in [5, 5.41) is 3.59. The van der Waals surface area contributed by atoms with Crippen LogP contribution in [0.2, 0.25) is 0 Å². The first-order valence-corrected chi connectivity index (χ1v) is 9.91. The van der Waals surface area contributed by atoms with Gasteiger partial charge in [-0.3, -0.25) is 14.6 Å². The summed E-state index contributed by atoms with van der Waals surface area (Å²) in [5.41, 5.74) is 2.36. The SMILES string of the molecule is COc1ccc(N2C(=O)c3ccccc3NC23CN(Cc2ccccc2F)C3)cc1. The average Bonchev–Trinajstić information content (AvgIpc) is 2.74. The molecule has 1 saturated heterocycles. The van der Waals surface area contributed by atoms with Gasteiger partial charge in [0.1, 0.15) is 17.2 Å². The van der Waals surface area contributed by atoms with Crippen LogP contribution in [0.1, 0.15) is 15.9 Å². The van der Waals surface area contributed by atoms with Crippen molar-refractivity contribution in [2.75, 3.05) is 30.4 Å². The van der Waals surface area contributed by atoms with Gasteiger partial charge in [-0.15, -0.1) is 0 Å². The number of methoxy groups -OCH3 is 1. The molecule has 3 aromatic rings. The molecule has 0 saturated carbocycles. The predicted octanol–water partition coefficient (Wildman–Crippen LogP) is 4.12. The van der Waals surface area contributed by atoms with Crippen molar-refractivity contribution in [1.29, 1.82) is 0 Å². The Labute approximate surface area is 174 Å². The van der Waals surface area contributed by atoms with E-state index in [1.54, 1.807) is 19.2 Å². The van der Waals surface area contributed by atoms with E-state index in [1.165, 1.54) is 6.07 Å². The minimum Gasteiger partial charge on any atom is -0.497 e. The number of carbonyl (C=O) groups excluding carboxylic acids is 1. The van der Waals surface area contributed by atoms with Crippen LogP contribution >= 0.6 is 0 Å². The van der Waals surface area contributed by atoms with Crippen LogP contribution in [0.15, 0.2) is 72.8 Å². The summed E-state index contributed by atoms with van der Waals surface area (Å²) < 4.78 is 19.4. The lowest BCUT2D eigenvalue weighted by atomic mass is 9.90. The molecular formula is C24H22FN3O2. The summed E-state index contributed by atoms with van der Waals surface area (Å²) in [6.45, 7) is 1.68. The van der Waals surface area contributed by atoms with Gasteiger partial charge in [0.2, 0.25) is 0 Å². The maximum atomic E-state index is 14.1. The lowest BCUT2D eigenvalue weighted by Crippen LogP contribution is -2.76. The largest absolute Gasteiger partial charge is 0.497 e. The van der Waals surface area contributed by atoms with E-state index in [-0.39, 0.29) is 11.7 Å². The predicted molar refractivity (Wildman–Crippen MR) is 114 cm³/mol. The molecule has 30 heavy (non-hydrogen) atoms. The van der Waals surface area contributed by atoms with E-state index in [9.17, 15) is 9.18 Å². The Morgan fingerprint density at radius 2 is 1.70 bits per heavy atom. The molecule has 152 valence electrons. The summed E-state index contributed by atoms with van der Waals surface area (Å²) in [5.74, 6) is 0.490. The van der Waals surface area contributed by atoms with Gasteiger partial charge in [0.05, 0.1) is 12.7 Å². The van der Waals surface area contributed by atoms with Crippen molar-refractivity contribution in [3.05, 3.63) is 89.7 Å². The van der Waals surface area contributed by atoms with Gasteiger partial charge in [0.25, 0.3) is 5.91 Å². The number of benzene rings is 3. The number of halogens is 1. The number of rotatable bonds is 4. The second kappa shape index (κ2) is 7.15. The van der Waals surface area contributed by atoms with E-state index >= 15 is 0 Å². The fraction of sp³-hybridized carbons (Fsp3) is 0.208. The Morgan fingerprint density at radius 3 is 2.43 bits per heavy atom. The minimum absolute atomic E-state index is 0.0416. The zero-order valence-electron chi connectivity index (χ0n) is 16.6. The number of nitrogens with one attached hydrogen (secondary N) is 1. The quantitative estimate of drug-likeness (QED) is 0.712. The highest BCUT2D eigenvalue weighted by atomic mass is 19.1. The van der Waals surface area contributed by atoms with Crippen LogP contribution in [0.25, 0.3) is 0 Å². The second-order valence-corrected chi connectivity index (χ2v) is 7.78. The molecule has 5 nitrogen and oxygen atoms in total. The van der Waals surface area contributed by atoms with Crippen LogP contribution in [-0.4, -0.2) is 36.7 Å². The van der Waals surface area contributed by atoms with Crippen molar-refractivity contribution in [2.24, 2.45) is 0 Å². The van der Waals surface area contributed by atoms with Crippen molar-refractivity contribution < 1.29 is 13.9 Å². The Morgan fingerprint density at radius 1 is 1.00 bits per heavy atom. The summed E-state index contributed by atoms with van der Waals surface area (Å²) in [6.07, 6.45) is 0. The lowest BCUT2D eigenvalue weighted by Gasteiger charge is -2.58. The second-order valence-electron chi connectivity index (χ2n) is 7.78. The number of fused-ring (bicyclic) bond motifs is 1. The molecule has 1 amide bonds. The third-order valence-corrected chi connectivity index (χ3v) is 5.81. The monoisotopic (exact) mass is 403 g/mol. The molecule has 0 unspecified atom stereocenters. The van der Waals surface area contributed by atoms with Gasteiger partial charge < -0.3 is 10.1 Å². The van der Waals surface area contributed by atoms with Gasteiger partial charge in [0.15, 0.2) is 0 Å². The number of hydrogen-bond donors (Lipinski definition) is 1. The number of anilines is 2. The van der Waals surface area contributed by atoms with Crippen molar-refractivity contribution in [2.45, 2.75) is 12.2 Å². The molecule has 5 rings (SSSR count). The smallest absolute Gasteiger partial charge is 0.262 e. The minimum atomic E-state index is -0.578. The van der Waals surface area contributed by atoms with E-state index in [4.69, 9.17) is 4.74 Å². The molecule has 0 radical (unpaired) electrons. The molecule has 1 spiro atoms. The van der Waals surface area contributed by atoms with Crippen LogP contribution in [0.3, 0.4) is 0 Å². The standard InChI is InChI=1S/C24H22FN3O2/c1-30-19-12-10-18(11-13-19)28-23(29)20-7-3-5-9-22(20)26-24(28)15-27(16-24)14-17-6-2-4-8-21(17)25/h2-13,26H,14-16H2,1H3. The van der Waals surface area contributed by atoms with Gasteiger partial charge in [-0.2, -0.15) is 0 Å². The third kappa shape index (κ3) is 3.00. The Balaban J connectivity index is 1.47. The lowest BCUT2D eigenvalue weighted by molar-refractivity contribution is 0.0603. The maximum absolute atomic E-state index is 14.1. The van der Waals surface area contributed by atoms with Crippen molar-refractivity contribution in [3.63, 3.8) is 0 Å². The first kappa shape index (κ1) is 18.6. The zero-order chi connectivity index (χ0) is 20.7. The average molecular weight is 403 g/mol. The first-order valence-electron chi connectivity index (χ1n) is 9.91. The molecule has 6 heteroatoms. The van der Waals surface area contributed by atoms with Gasteiger partial charge in [0, 0.05) is 36.6 Å². The molecule has 3 aromatic carbocycles. The molecule has 2 heterocycles. The van der Waals surface area contributed by atoms with Crippen molar-refractivity contribution in [3.8, 4) is 5.75 Å². The first-order chi connectivity index (χ1) is 14.6. The van der Waals surface area contributed by atoms with E-state index in [2.05, 4.69) is 10.2 Å². The van der Waals surface area contributed by atoms with E-state index in [0.29, 0.717) is 30.8 Å². The Bertz CT molecular complexity index is 1090. The number of carbonyl (C=O) groups is 1. The van der Waals surface area contributed by atoms with E-state index < -0.39 is 5.66 Å². The van der Waals surface area contributed by atoms with E-state index in [1.807, 2.05) is 59.5 Å². The summed E-state index contributed by atoms with van der Waals surface area (Å²) in [4.78, 5) is 17.4. The highest BCUT2D eigenvalue weighted by Crippen LogP contribution is 2.41. The van der Waals surface area contributed by atoms with Crippen LogP contribution in [0, 0.1) is 5.82 Å². The molecule has 0 atom stereocenters.